The molecule has 0 unspecified atom stereocenters. The van der Waals surface area contributed by atoms with Gasteiger partial charge in [-0.1, -0.05) is 64.4 Å². The summed E-state index contributed by atoms with van der Waals surface area (Å²) in [7, 11) is 0. The van der Waals surface area contributed by atoms with E-state index < -0.39 is 0 Å². The first-order chi connectivity index (χ1) is 13.8. The predicted octanol–water partition coefficient (Wildman–Crippen LogP) is 6.99. The fourth-order valence-corrected chi connectivity index (χ4v) is 4.39. The Kier molecular flexibility index (Phi) is 14.3. The third-order valence-electron chi connectivity index (χ3n) is 5.06. The van der Waals surface area contributed by atoms with Crippen LogP contribution in [0, 0.1) is 11.8 Å². The maximum atomic E-state index is 6.07. The molecule has 0 aromatic rings. The maximum Gasteiger partial charge on any atom is 0.0619 e. The molecule has 0 amide bonds. The first-order valence-corrected chi connectivity index (χ1v) is 12.6. The average Bonchev–Trinajstić information content (AvgIpc) is 2.66. The molecule has 0 aromatic carbocycles. The molecule has 0 aromatic heterocycles. The molecule has 0 saturated carbocycles. The summed E-state index contributed by atoms with van der Waals surface area (Å²) in [5.41, 5.74) is 0. The quantitative estimate of drug-likeness (QED) is 0.143. The summed E-state index contributed by atoms with van der Waals surface area (Å²) in [6.45, 7) is 17.6. The van der Waals surface area contributed by atoms with Crippen LogP contribution in [0.1, 0.15) is 73.6 Å². The molecule has 168 valence electrons. The van der Waals surface area contributed by atoms with Crippen LogP contribution < -0.4 is 5.32 Å². The molecular formula is C24H44ClN3S. The fourth-order valence-electron chi connectivity index (χ4n) is 3.30. The summed E-state index contributed by atoms with van der Waals surface area (Å²) < 4.78 is 2.46. The Labute approximate surface area is 190 Å². The van der Waals surface area contributed by atoms with Crippen LogP contribution in [-0.2, 0) is 0 Å². The number of nitrogens with one attached hydrogen (secondary N) is 1. The second-order valence-corrected chi connectivity index (χ2v) is 10.5. The molecule has 1 saturated heterocycles. The Morgan fingerprint density at radius 1 is 1.28 bits per heavy atom. The summed E-state index contributed by atoms with van der Waals surface area (Å²) in [6.07, 6.45) is 15.2. The molecule has 0 bridgehead atoms. The van der Waals surface area contributed by atoms with Crippen LogP contribution >= 0.6 is 23.5 Å². The van der Waals surface area contributed by atoms with E-state index in [-0.39, 0.29) is 0 Å². The minimum absolute atomic E-state index is 0.509. The second kappa shape index (κ2) is 15.5. The molecule has 1 heterocycles. The number of allylic oxidation sites excluding steroid dienone is 6. The van der Waals surface area contributed by atoms with Crippen molar-refractivity contribution in [3.8, 4) is 0 Å². The summed E-state index contributed by atoms with van der Waals surface area (Å²) >= 11 is 7.97. The van der Waals surface area contributed by atoms with Gasteiger partial charge in [-0.3, -0.25) is 10.2 Å². The van der Waals surface area contributed by atoms with E-state index in [0.717, 1.165) is 43.6 Å². The number of rotatable bonds is 13. The van der Waals surface area contributed by atoms with E-state index in [1.807, 2.05) is 24.9 Å². The standard InChI is InChI=1S/C24H44ClN3S/c1-7-27(17-15-21(4)5)24-16-18-28(19-26-24)29-23(14-13-22(6)25)12-10-8-9-11-20(2)3/h9,11,13-14,20-21,24,26H,7-8,10,12,15-19H2,1-6H3/b11-9-,22-13+,23-14+/t24-/m0/s1. The van der Waals surface area contributed by atoms with Crippen molar-refractivity contribution in [2.75, 3.05) is 26.3 Å². The van der Waals surface area contributed by atoms with Crippen molar-refractivity contribution in [3.63, 3.8) is 0 Å². The van der Waals surface area contributed by atoms with E-state index in [4.69, 9.17) is 11.6 Å². The topological polar surface area (TPSA) is 18.5 Å². The Morgan fingerprint density at radius 2 is 2.03 bits per heavy atom. The van der Waals surface area contributed by atoms with Gasteiger partial charge in [-0.25, -0.2) is 4.31 Å². The van der Waals surface area contributed by atoms with Gasteiger partial charge in [0, 0.05) is 16.5 Å². The van der Waals surface area contributed by atoms with Gasteiger partial charge < -0.3 is 0 Å². The molecule has 5 heteroatoms. The van der Waals surface area contributed by atoms with Crippen LogP contribution in [0.5, 0.6) is 0 Å². The van der Waals surface area contributed by atoms with Gasteiger partial charge in [-0.15, -0.1) is 0 Å². The van der Waals surface area contributed by atoms with Crippen LogP contribution in [0.3, 0.4) is 0 Å². The van der Waals surface area contributed by atoms with Crippen molar-refractivity contribution in [1.82, 2.24) is 14.5 Å². The summed E-state index contributed by atoms with van der Waals surface area (Å²) in [5, 5.41) is 4.59. The summed E-state index contributed by atoms with van der Waals surface area (Å²) in [6, 6.07) is 0. The summed E-state index contributed by atoms with van der Waals surface area (Å²) in [4.78, 5) is 4.00. The lowest BCUT2D eigenvalue weighted by Crippen LogP contribution is -2.54. The first-order valence-electron chi connectivity index (χ1n) is 11.4. The van der Waals surface area contributed by atoms with E-state index in [2.05, 4.69) is 67.4 Å². The summed E-state index contributed by atoms with van der Waals surface area (Å²) in [5.74, 6) is 1.40. The van der Waals surface area contributed by atoms with E-state index in [0.29, 0.717) is 12.1 Å². The van der Waals surface area contributed by atoms with E-state index >= 15 is 0 Å². The van der Waals surface area contributed by atoms with Crippen molar-refractivity contribution in [2.24, 2.45) is 11.8 Å². The predicted molar refractivity (Wildman–Crippen MR) is 133 cm³/mol. The first kappa shape index (κ1) is 26.8. The van der Waals surface area contributed by atoms with Crippen molar-refractivity contribution in [3.05, 3.63) is 34.2 Å². The van der Waals surface area contributed by atoms with E-state index in [9.17, 15) is 0 Å². The highest BCUT2D eigenvalue weighted by atomic mass is 35.5. The smallest absolute Gasteiger partial charge is 0.0619 e. The lowest BCUT2D eigenvalue weighted by Gasteiger charge is -2.39. The molecule has 0 radical (unpaired) electrons. The number of hydrogen-bond acceptors (Lipinski definition) is 4. The zero-order valence-electron chi connectivity index (χ0n) is 19.6. The molecule has 1 fully saturated rings. The van der Waals surface area contributed by atoms with Crippen LogP contribution in [0.2, 0.25) is 0 Å². The molecule has 1 rings (SSSR count). The molecular weight excluding hydrogens is 398 g/mol. The van der Waals surface area contributed by atoms with Gasteiger partial charge in [0.15, 0.2) is 0 Å². The van der Waals surface area contributed by atoms with Crippen molar-refractivity contribution in [2.45, 2.75) is 79.8 Å². The highest BCUT2D eigenvalue weighted by molar-refractivity contribution is 8.00. The van der Waals surface area contributed by atoms with Crippen LogP contribution in [0.4, 0.5) is 0 Å². The fraction of sp³-hybridized carbons (Fsp3) is 0.750. The van der Waals surface area contributed by atoms with Gasteiger partial charge in [-0.05, 0) is 82.0 Å². The van der Waals surface area contributed by atoms with Crippen molar-refractivity contribution >= 4 is 23.5 Å². The Hall–Kier alpha value is -0.260. The largest absolute Gasteiger partial charge is 0.288 e. The Bertz CT molecular complexity index is 516. The van der Waals surface area contributed by atoms with Gasteiger partial charge in [0.25, 0.3) is 0 Å². The average molecular weight is 442 g/mol. The highest BCUT2D eigenvalue weighted by Crippen LogP contribution is 2.28. The third-order valence-corrected chi connectivity index (χ3v) is 6.33. The van der Waals surface area contributed by atoms with Crippen molar-refractivity contribution < 1.29 is 0 Å². The normalized spacial score (nSPS) is 20.0. The molecule has 0 spiro atoms. The number of halogens is 1. The molecule has 1 atom stereocenters. The second-order valence-electron chi connectivity index (χ2n) is 8.73. The van der Waals surface area contributed by atoms with Gasteiger partial charge in [0.1, 0.15) is 0 Å². The zero-order valence-corrected chi connectivity index (χ0v) is 21.2. The molecule has 1 aliphatic heterocycles. The van der Waals surface area contributed by atoms with Gasteiger partial charge in [-0.2, -0.15) is 0 Å². The molecule has 3 nitrogen and oxygen atoms in total. The number of unbranched alkanes of at least 4 members (excludes halogenated alkanes) is 1. The van der Waals surface area contributed by atoms with Gasteiger partial charge in [0.2, 0.25) is 0 Å². The molecule has 1 N–H and O–H groups in total. The number of nitrogens with zero attached hydrogens (tertiary/aromatic N) is 2. The maximum absolute atomic E-state index is 6.07. The Morgan fingerprint density at radius 3 is 2.59 bits per heavy atom. The SMILES string of the molecule is CCN(CCC(C)C)[C@H]1CCN(S/C(=C/C=C(\C)Cl)CCC/C=C\C(C)C)CN1. The van der Waals surface area contributed by atoms with E-state index in [1.54, 1.807) is 0 Å². The Balaban J connectivity index is 2.52. The van der Waals surface area contributed by atoms with Crippen LogP contribution in [0.25, 0.3) is 0 Å². The number of hydrogen-bond donors (Lipinski definition) is 1. The molecule has 1 aliphatic rings. The van der Waals surface area contributed by atoms with Gasteiger partial charge in [0.05, 0.1) is 12.8 Å². The highest BCUT2D eigenvalue weighted by Gasteiger charge is 2.23. The van der Waals surface area contributed by atoms with E-state index in [1.165, 1.54) is 30.7 Å². The van der Waals surface area contributed by atoms with Crippen LogP contribution in [-0.4, -0.2) is 41.7 Å². The monoisotopic (exact) mass is 441 g/mol. The zero-order chi connectivity index (χ0) is 21.6. The van der Waals surface area contributed by atoms with Gasteiger partial charge >= 0.3 is 0 Å². The molecule has 0 aliphatic carbocycles. The minimum Gasteiger partial charge on any atom is -0.288 e. The lowest BCUT2D eigenvalue weighted by atomic mass is 10.1. The molecule has 29 heavy (non-hydrogen) atoms. The minimum atomic E-state index is 0.509. The van der Waals surface area contributed by atoms with Crippen molar-refractivity contribution in [1.29, 1.82) is 0 Å². The van der Waals surface area contributed by atoms with Crippen LogP contribution in [0.15, 0.2) is 34.2 Å². The third kappa shape index (κ3) is 12.9. The lowest BCUT2D eigenvalue weighted by molar-refractivity contribution is 0.115.